The third-order valence-electron chi connectivity index (χ3n) is 9.04. The third kappa shape index (κ3) is 41.6. The highest BCUT2D eigenvalue weighted by Gasteiger charge is 2.27. The normalized spacial score (nSPS) is 14.7. The fourth-order valence-electron chi connectivity index (χ4n) is 5.58. The largest absolute Gasteiger partial charge is 0.472 e. The van der Waals surface area contributed by atoms with E-state index in [2.05, 4.69) is 98.9 Å². The molecule has 3 unspecified atom stereocenters. The summed E-state index contributed by atoms with van der Waals surface area (Å²) in [5.41, 5.74) is 0. The van der Waals surface area contributed by atoms with Gasteiger partial charge in [-0.2, -0.15) is 0 Å². The summed E-state index contributed by atoms with van der Waals surface area (Å²) in [6, 6.07) is 0. The minimum absolute atomic E-state index is 0.0610. The summed E-state index contributed by atoms with van der Waals surface area (Å²) in [4.78, 5) is 34.5. The highest BCUT2D eigenvalue weighted by molar-refractivity contribution is 7.47. The summed E-state index contributed by atoms with van der Waals surface area (Å²) in [5.74, 6) is -1.12. The zero-order chi connectivity index (χ0) is 44.0. The second-order valence-electron chi connectivity index (χ2n) is 14.6. The van der Waals surface area contributed by atoms with Crippen LogP contribution in [0.15, 0.2) is 97.2 Å². The second kappa shape index (κ2) is 44.0. The van der Waals surface area contributed by atoms with Crippen molar-refractivity contribution in [1.82, 2.24) is 0 Å². The van der Waals surface area contributed by atoms with Gasteiger partial charge < -0.3 is 24.6 Å². The third-order valence-corrected chi connectivity index (χ3v) is 9.99. The van der Waals surface area contributed by atoms with Crippen molar-refractivity contribution in [3.63, 3.8) is 0 Å². The zero-order valence-electron chi connectivity index (χ0n) is 37.1. The van der Waals surface area contributed by atoms with Crippen molar-refractivity contribution in [2.24, 2.45) is 0 Å². The molecule has 0 aromatic rings. The van der Waals surface area contributed by atoms with Crippen LogP contribution in [0.1, 0.15) is 162 Å². The number of rotatable bonds is 41. The van der Waals surface area contributed by atoms with Crippen molar-refractivity contribution in [3.8, 4) is 0 Å². The molecule has 3 atom stereocenters. The highest BCUT2D eigenvalue weighted by Crippen LogP contribution is 2.43. The lowest BCUT2D eigenvalue weighted by molar-refractivity contribution is -0.153. The van der Waals surface area contributed by atoms with E-state index in [9.17, 15) is 29.3 Å². The minimum atomic E-state index is -4.67. The average Bonchev–Trinajstić information content (AvgIpc) is 3.24. The lowest BCUT2D eigenvalue weighted by atomic mass is 10.1. The van der Waals surface area contributed by atoms with Crippen molar-refractivity contribution in [2.45, 2.75) is 174 Å². The fourth-order valence-corrected chi connectivity index (χ4v) is 6.37. The number of aliphatic hydroxyl groups excluding tert-OH is 2. The maximum absolute atomic E-state index is 12.4. The van der Waals surface area contributed by atoms with Crippen LogP contribution in [-0.4, -0.2) is 65.7 Å². The Bertz CT molecular complexity index is 1310. The van der Waals surface area contributed by atoms with Crippen LogP contribution in [0.25, 0.3) is 0 Å². The highest BCUT2D eigenvalue weighted by atomic mass is 31.2. The Hall–Kier alpha value is -3.11. The molecule has 0 amide bonds. The molecule has 0 aromatic carbocycles. The lowest BCUT2D eigenvalue weighted by Crippen LogP contribution is -2.28. The first kappa shape index (κ1) is 56.9. The van der Waals surface area contributed by atoms with E-state index in [-0.39, 0.29) is 12.8 Å². The van der Waals surface area contributed by atoms with E-state index in [0.29, 0.717) is 12.8 Å². The summed E-state index contributed by atoms with van der Waals surface area (Å²) < 4.78 is 32.5. The number of ether oxygens (including phenoxy) is 2. The number of aliphatic hydroxyl groups is 2. The van der Waals surface area contributed by atoms with Gasteiger partial charge in [0, 0.05) is 12.8 Å². The molecule has 0 saturated heterocycles. The van der Waals surface area contributed by atoms with Crippen molar-refractivity contribution < 1.29 is 47.8 Å². The van der Waals surface area contributed by atoms with Gasteiger partial charge in [-0.3, -0.25) is 18.6 Å². The summed E-state index contributed by atoms with van der Waals surface area (Å²) in [6.45, 7) is 1.97. The number of phosphoric ester groups is 1. The van der Waals surface area contributed by atoms with Crippen molar-refractivity contribution in [2.75, 3.05) is 26.4 Å². The maximum atomic E-state index is 12.4. The van der Waals surface area contributed by atoms with Crippen LogP contribution >= 0.6 is 7.82 Å². The quantitative estimate of drug-likeness (QED) is 0.0235. The maximum Gasteiger partial charge on any atom is 0.472 e. The Morgan fingerprint density at radius 3 is 1.23 bits per heavy atom. The Balaban J connectivity index is 4.04. The summed E-state index contributed by atoms with van der Waals surface area (Å²) in [7, 11) is -4.67. The van der Waals surface area contributed by atoms with Crippen LogP contribution < -0.4 is 0 Å². The molecule has 0 aliphatic carbocycles. The molecule has 0 aliphatic heterocycles. The van der Waals surface area contributed by atoms with Gasteiger partial charge in [0.05, 0.1) is 26.4 Å². The molecule has 0 saturated carbocycles. The Morgan fingerprint density at radius 1 is 0.467 bits per heavy atom. The summed E-state index contributed by atoms with van der Waals surface area (Å²) in [6.07, 6.45) is 53.9. The second-order valence-corrected chi connectivity index (χ2v) is 16.1. The fraction of sp³-hybridized carbons (Fsp3) is 0.633. The van der Waals surface area contributed by atoms with Crippen molar-refractivity contribution in [3.05, 3.63) is 97.2 Å². The van der Waals surface area contributed by atoms with Gasteiger partial charge in [0.15, 0.2) is 0 Å². The first-order valence-electron chi connectivity index (χ1n) is 22.7. The zero-order valence-corrected chi connectivity index (χ0v) is 38.0. The molecule has 60 heavy (non-hydrogen) atoms. The number of carbonyl (C=O) groups is 2. The van der Waals surface area contributed by atoms with Crippen LogP contribution in [0.3, 0.4) is 0 Å². The number of unbranched alkanes of at least 4 members (excludes halogenated alkanes) is 11. The van der Waals surface area contributed by atoms with Gasteiger partial charge in [-0.25, -0.2) is 4.57 Å². The molecule has 3 N–H and O–H groups in total. The van der Waals surface area contributed by atoms with Gasteiger partial charge in [-0.15, -0.1) is 0 Å². The first-order chi connectivity index (χ1) is 29.3. The number of phosphoric acid groups is 1. The van der Waals surface area contributed by atoms with E-state index in [0.717, 1.165) is 77.0 Å². The van der Waals surface area contributed by atoms with Gasteiger partial charge in [0.2, 0.25) is 0 Å². The van der Waals surface area contributed by atoms with Crippen molar-refractivity contribution in [1.29, 1.82) is 0 Å². The monoisotopic (exact) mass is 861 g/mol. The van der Waals surface area contributed by atoms with E-state index < -0.39 is 58.4 Å². The van der Waals surface area contributed by atoms with Gasteiger partial charge in [0.1, 0.15) is 12.2 Å². The molecule has 0 aliphatic rings. The number of esters is 2. The molecular weight excluding hydrogens is 780 g/mol. The predicted molar refractivity (Wildman–Crippen MR) is 246 cm³/mol. The molecule has 0 bridgehead atoms. The molecule has 0 rings (SSSR count). The van der Waals surface area contributed by atoms with E-state index in [1.54, 1.807) is 0 Å². The number of carbonyl (C=O) groups excluding carboxylic acids is 2. The molecular formula is C49H81O10P. The van der Waals surface area contributed by atoms with Gasteiger partial charge in [-0.1, -0.05) is 162 Å². The molecule has 0 aromatic heterocycles. The molecule has 0 spiro atoms. The molecule has 342 valence electrons. The standard InChI is InChI=1S/C49H81O10P/c1-3-5-7-9-11-13-15-17-19-21-23-25-27-29-31-33-35-37-39-41-49(53)59-47(43-51)45-57-60(54,55)56-44-46(42-50)58-48(52)40-38-36-34-32-30-28-26-24-22-20-18-16-14-12-10-8-6-4-2/h5,7,11,13-14,16-17,19-20,22-23,25,29,31,35,37,46-47,50-51H,3-4,6,8-10,12,15,18,21,24,26-28,30,32-34,36,38-45H2,1-2H3,(H,54,55)/b7-5-,13-11-,16-14-,19-17-,22-20-,25-23-,31-29-,37-35-. The van der Waals surface area contributed by atoms with Gasteiger partial charge in [0.25, 0.3) is 0 Å². The Morgan fingerprint density at radius 2 is 0.817 bits per heavy atom. The Kier molecular flexibility index (Phi) is 41.7. The summed E-state index contributed by atoms with van der Waals surface area (Å²) in [5, 5.41) is 19.2. The predicted octanol–water partition coefficient (Wildman–Crippen LogP) is 12.4. The van der Waals surface area contributed by atoms with E-state index >= 15 is 0 Å². The average molecular weight is 861 g/mol. The van der Waals surface area contributed by atoms with E-state index in [4.69, 9.17) is 18.5 Å². The summed E-state index contributed by atoms with van der Waals surface area (Å²) >= 11 is 0. The minimum Gasteiger partial charge on any atom is -0.457 e. The van der Waals surface area contributed by atoms with Crippen molar-refractivity contribution >= 4 is 19.8 Å². The smallest absolute Gasteiger partial charge is 0.457 e. The van der Waals surface area contributed by atoms with Gasteiger partial charge >= 0.3 is 19.8 Å². The van der Waals surface area contributed by atoms with Crippen LogP contribution in [0.4, 0.5) is 0 Å². The Labute approximate surface area is 363 Å². The number of hydrogen-bond donors (Lipinski definition) is 3. The lowest BCUT2D eigenvalue weighted by Gasteiger charge is -2.20. The van der Waals surface area contributed by atoms with E-state index in [1.807, 2.05) is 12.2 Å². The number of allylic oxidation sites excluding steroid dienone is 16. The SMILES string of the molecule is CC/C=C\C/C=C\C/C=C\C/C=C\C/C=C\C/C=C\CCC(=O)OC(CO)COP(=O)(O)OCC(CO)OC(=O)CCCCCCCCC/C=C\C/C=C\CCCCCC. The van der Waals surface area contributed by atoms with E-state index in [1.165, 1.54) is 44.9 Å². The number of hydrogen-bond acceptors (Lipinski definition) is 9. The van der Waals surface area contributed by atoms with Crippen LogP contribution in [0.2, 0.25) is 0 Å². The topological polar surface area (TPSA) is 149 Å². The van der Waals surface area contributed by atoms with Crippen LogP contribution in [0.5, 0.6) is 0 Å². The molecule has 0 heterocycles. The molecule has 0 radical (unpaired) electrons. The molecule has 10 nitrogen and oxygen atoms in total. The molecule has 0 fully saturated rings. The molecule has 11 heteroatoms. The van der Waals surface area contributed by atoms with Crippen LogP contribution in [0, 0.1) is 0 Å². The van der Waals surface area contributed by atoms with Crippen LogP contribution in [-0.2, 0) is 32.7 Å². The first-order valence-corrected chi connectivity index (χ1v) is 24.2. The van der Waals surface area contributed by atoms with Gasteiger partial charge in [-0.05, 0) is 83.5 Å².